The van der Waals surface area contributed by atoms with Gasteiger partial charge in [0.2, 0.25) is 0 Å². The fraction of sp³-hybridized carbons (Fsp3) is 0.571. The summed E-state index contributed by atoms with van der Waals surface area (Å²) < 4.78 is 0. The number of aliphatic hydroxyl groups excluding tert-OH is 1. The number of amides is 2. The summed E-state index contributed by atoms with van der Waals surface area (Å²) >= 11 is 0. The third kappa shape index (κ3) is 2.42. The molecule has 2 fully saturated rings. The van der Waals surface area contributed by atoms with Crippen LogP contribution in [0, 0.1) is 17.8 Å². The van der Waals surface area contributed by atoms with Gasteiger partial charge in [0, 0.05) is 24.8 Å². The van der Waals surface area contributed by atoms with Crippen LogP contribution >= 0.6 is 0 Å². The molecule has 19 heavy (non-hydrogen) atoms. The number of hydrogen-bond donors (Lipinski definition) is 3. The molecule has 102 valence electrons. The second-order valence-corrected chi connectivity index (χ2v) is 5.52. The standard InChI is InChI=1S/C14H19N3O2/c18-8-11-9-4-5-10(7-9)13(11)17-14(19)16-12-3-1-2-6-15-12/h1-3,6,9-11,13,18H,4-5,7-8H2,(H2,15,16,17,19)/t9-,10+,11-,13-/m0/s1. The largest absolute Gasteiger partial charge is 0.396 e. The van der Waals surface area contributed by atoms with Gasteiger partial charge >= 0.3 is 6.03 Å². The lowest BCUT2D eigenvalue weighted by atomic mass is 9.85. The predicted octanol–water partition coefficient (Wildman–Crippen LogP) is 1.61. The number of aromatic nitrogens is 1. The third-order valence-corrected chi connectivity index (χ3v) is 4.50. The Morgan fingerprint density at radius 3 is 2.95 bits per heavy atom. The van der Waals surface area contributed by atoms with Crippen molar-refractivity contribution in [3.05, 3.63) is 24.4 Å². The minimum absolute atomic E-state index is 0.104. The van der Waals surface area contributed by atoms with Crippen LogP contribution in [0.1, 0.15) is 19.3 Å². The molecule has 0 saturated heterocycles. The Morgan fingerprint density at radius 1 is 1.37 bits per heavy atom. The van der Waals surface area contributed by atoms with Crippen molar-refractivity contribution in [3.8, 4) is 0 Å². The number of hydrogen-bond acceptors (Lipinski definition) is 3. The van der Waals surface area contributed by atoms with Crippen LogP contribution in [0.2, 0.25) is 0 Å². The first-order valence-electron chi connectivity index (χ1n) is 6.87. The van der Waals surface area contributed by atoms with E-state index in [1.165, 1.54) is 6.42 Å². The predicted molar refractivity (Wildman–Crippen MR) is 71.6 cm³/mol. The fourth-order valence-corrected chi connectivity index (χ4v) is 3.64. The second kappa shape index (κ2) is 5.17. The quantitative estimate of drug-likeness (QED) is 0.774. The van der Waals surface area contributed by atoms with E-state index in [4.69, 9.17) is 0 Å². The minimum Gasteiger partial charge on any atom is -0.396 e. The number of rotatable bonds is 3. The zero-order chi connectivity index (χ0) is 13.2. The van der Waals surface area contributed by atoms with Crippen molar-refractivity contribution >= 4 is 11.8 Å². The maximum Gasteiger partial charge on any atom is 0.320 e. The minimum atomic E-state index is -0.227. The highest BCUT2D eigenvalue weighted by Gasteiger charge is 2.47. The SMILES string of the molecule is O=C(Nc1ccccn1)N[C@H]1[C@@H]2CC[C@@H](C2)[C@@H]1CO. The maximum absolute atomic E-state index is 12.0. The summed E-state index contributed by atoms with van der Waals surface area (Å²) in [5.74, 6) is 1.86. The topological polar surface area (TPSA) is 74.2 Å². The number of urea groups is 1. The molecule has 2 bridgehead atoms. The molecular formula is C14H19N3O2. The fourth-order valence-electron chi connectivity index (χ4n) is 3.64. The zero-order valence-corrected chi connectivity index (χ0v) is 10.7. The van der Waals surface area contributed by atoms with Gasteiger partial charge in [-0.2, -0.15) is 0 Å². The normalized spacial score (nSPS) is 32.3. The number of nitrogens with one attached hydrogen (secondary N) is 2. The maximum atomic E-state index is 12.0. The summed E-state index contributed by atoms with van der Waals surface area (Å²) in [6.07, 6.45) is 5.13. The Bertz CT molecular complexity index is 451. The van der Waals surface area contributed by atoms with Gasteiger partial charge in [0.15, 0.2) is 0 Å². The highest BCUT2D eigenvalue weighted by Crippen LogP contribution is 2.48. The summed E-state index contributed by atoms with van der Waals surface area (Å²) in [5.41, 5.74) is 0. The molecule has 0 aromatic carbocycles. The number of anilines is 1. The monoisotopic (exact) mass is 261 g/mol. The van der Waals surface area contributed by atoms with Crippen LogP contribution in [0.25, 0.3) is 0 Å². The van der Waals surface area contributed by atoms with Crippen LogP contribution in [0.4, 0.5) is 10.6 Å². The van der Waals surface area contributed by atoms with Crippen molar-refractivity contribution in [1.29, 1.82) is 0 Å². The molecule has 2 amide bonds. The van der Waals surface area contributed by atoms with Crippen molar-refractivity contribution in [2.24, 2.45) is 17.8 Å². The van der Waals surface area contributed by atoms with Crippen molar-refractivity contribution in [2.75, 3.05) is 11.9 Å². The summed E-state index contributed by atoms with van der Waals surface area (Å²) in [5, 5.41) is 15.2. The molecule has 0 spiro atoms. The van der Waals surface area contributed by atoms with E-state index in [1.54, 1.807) is 18.3 Å². The van der Waals surface area contributed by atoms with Crippen molar-refractivity contribution < 1.29 is 9.90 Å². The molecule has 2 aliphatic carbocycles. The third-order valence-electron chi connectivity index (χ3n) is 4.50. The highest BCUT2D eigenvalue weighted by atomic mass is 16.3. The van der Waals surface area contributed by atoms with Crippen LogP contribution in [0.5, 0.6) is 0 Å². The Balaban J connectivity index is 1.60. The van der Waals surface area contributed by atoms with Gasteiger partial charge in [-0.1, -0.05) is 6.07 Å². The van der Waals surface area contributed by atoms with E-state index in [0.717, 1.165) is 12.8 Å². The average molecular weight is 261 g/mol. The van der Waals surface area contributed by atoms with Crippen LogP contribution in [0.3, 0.4) is 0 Å². The highest BCUT2D eigenvalue weighted by molar-refractivity contribution is 5.88. The second-order valence-electron chi connectivity index (χ2n) is 5.52. The molecule has 1 aromatic heterocycles. The number of carbonyl (C=O) groups excluding carboxylic acids is 1. The Kier molecular flexibility index (Phi) is 3.38. The van der Waals surface area contributed by atoms with Crippen LogP contribution in [-0.2, 0) is 0 Å². The summed E-state index contributed by atoms with van der Waals surface area (Å²) in [7, 11) is 0. The zero-order valence-electron chi connectivity index (χ0n) is 10.7. The van der Waals surface area contributed by atoms with Gasteiger partial charge in [-0.05, 0) is 43.2 Å². The van der Waals surface area contributed by atoms with Crippen molar-refractivity contribution in [1.82, 2.24) is 10.3 Å². The average Bonchev–Trinajstić information content (AvgIpc) is 3.00. The van der Waals surface area contributed by atoms with Crippen LogP contribution in [0.15, 0.2) is 24.4 Å². The molecule has 3 N–H and O–H groups in total. The van der Waals surface area contributed by atoms with Gasteiger partial charge in [0.05, 0.1) is 0 Å². The summed E-state index contributed by atoms with van der Waals surface area (Å²) in [6.45, 7) is 0.162. The molecule has 1 heterocycles. The number of pyridine rings is 1. The Labute approximate surface area is 112 Å². The molecule has 5 nitrogen and oxygen atoms in total. The van der Waals surface area contributed by atoms with E-state index in [9.17, 15) is 9.90 Å². The van der Waals surface area contributed by atoms with E-state index in [-0.39, 0.29) is 24.6 Å². The molecule has 1 aromatic rings. The number of nitrogens with zero attached hydrogens (tertiary/aromatic N) is 1. The molecule has 0 unspecified atom stereocenters. The van der Waals surface area contributed by atoms with Gasteiger partial charge in [0.1, 0.15) is 5.82 Å². The Morgan fingerprint density at radius 2 is 2.21 bits per heavy atom. The van der Waals surface area contributed by atoms with Gasteiger partial charge in [0.25, 0.3) is 0 Å². The van der Waals surface area contributed by atoms with E-state index in [0.29, 0.717) is 17.7 Å². The lowest BCUT2D eigenvalue weighted by molar-refractivity contribution is 0.146. The Hall–Kier alpha value is -1.62. The lowest BCUT2D eigenvalue weighted by Gasteiger charge is -2.30. The molecule has 0 radical (unpaired) electrons. The van der Waals surface area contributed by atoms with E-state index in [2.05, 4.69) is 15.6 Å². The van der Waals surface area contributed by atoms with Crippen molar-refractivity contribution in [3.63, 3.8) is 0 Å². The molecule has 2 saturated carbocycles. The van der Waals surface area contributed by atoms with E-state index < -0.39 is 0 Å². The first-order valence-corrected chi connectivity index (χ1v) is 6.87. The summed E-state index contributed by atoms with van der Waals surface area (Å²) in [4.78, 5) is 16.0. The number of carbonyl (C=O) groups is 1. The van der Waals surface area contributed by atoms with Gasteiger partial charge < -0.3 is 10.4 Å². The van der Waals surface area contributed by atoms with Gasteiger partial charge in [-0.3, -0.25) is 5.32 Å². The van der Waals surface area contributed by atoms with Crippen molar-refractivity contribution in [2.45, 2.75) is 25.3 Å². The summed E-state index contributed by atoms with van der Waals surface area (Å²) in [6, 6.07) is 5.27. The first kappa shape index (κ1) is 12.4. The molecule has 5 heteroatoms. The van der Waals surface area contributed by atoms with Gasteiger partial charge in [-0.15, -0.1) is 0 Å². The first-order chi connectivity index (χ1) is 9.28. The van der Waals surface area contributed by atoms with Crippen LogP contribution in [-0.4, -0.2) is 28.8 Å². The van der Waals surface area contributed by atoms with E-state index in [1.807, 2.05) is 6.07 Å². The number of aliphatic hydroxyl groups is 1. The molecule has 2 aliphatic rings. The van der Waals surface area contributed by atoms with Gasteiger partial charge in [-0.25, -0.2) is 9.78 Å². The smallest absolute Gasteiger partial charge is 0.320 e. The molecule has 0 aliphatic heterocycles. The number of fused-ring (bicyclic) bond motifs is 2. The molecular weight excluding hydrogens is 242 g/mol. The molecule has 4 atom stereocenters. The lowest BCUT2D eigenvalue weighted by Crippen LogP contribution is -2.46. The van der Waals surface area contributed by atoms with E-state index >= 15 is 0 Å². The van der Waals surface area contributed by atoms with Crippen LogP contribution < -0.4 is 10.6 Å². The molecule has 3 rings (SSSR count).